The van der Waals surface area contributed by atoms with Gasteiger partial charge in [0.2, 0.25) is 0 Å². The lowest BCUT2D eigenvalue weighted by atomic mass is 10.2. The van der Waals surface area contributed by atoms with Crippen LogP contribution in [0.5, 0.6) is 0 Å². The van der Waals surface area contributed by atoms with Gasteiger partial charge in [-0.25, -0.2) is 0 Å². The summed E-state index contributed by atoms with van der Waals surface area (Å²) >= 11 is 0. The van der Waals surface area contributed by atoms with Gasteiger partial charge in [-0.15, -0.1) is 0 Å². The van der Waals surface area contributed by atoms with E-state index in [2.05, 4.69) is 16.0 Å². The first-order chi connectivity index (χ1) is 7.50. The first-order valence-electron chi connectivity index (χ1n) is 6.62. The minimum Gasteiger partial charge on any atom is -0.317 e. The summed E-state index contributed by atoms with van der Waals surface area (Å²) in [5.74, 6) is 0. The Kier molecular flexibility index (Phi) is 8.98. The maximum Gasteiger partial charge on any atom is -0.00368 e. The third kappa shape index (κ3) is 8.85. The van der Waals surface area contributed by atoms with Crippen LogP contribution in [0, 0.1) is 0 Å². The quantitative estimate of drug-likeness (QED) is 0.564. The van der Waals surface area contributed by atoms with Crippen molar-refractivity contribution in [3.05, 3.63) is 0 Å². The van der Waals surface area contributed by atoms with Crippen molar-refractivity contribution in [2.75, 3.05) is 39.3 Å². The number of piperidine rings is 1. The maximum absolute atomic E-state index is 3.28. The van der Waals surface area contributed by atoms with Gasteiger partial charge in [-0.05, 0) is 71.4 Å². The lowest BCUT2D eigenvalue weighted by Crippen LogP contribution is -2.29. The van der Waals surface area contributed by atoms with Gasteiger partial charge in [0.15, 0.2) is 0 Å². The molecule has 0 bridgehead atoms. The molecule has 0 radical (unpaired) electrons. The Hall–Kier alpha value is -0.120. The molecule has 0 aromatic carbocycles. The average molecular weight is 213 g/mol. The number of rotatable bonds is 0. The zero-order chi connectivity index (χ0) is 10.6. The van der Waals surface area contributed by atoms with E-state index in [1.165, 1.54) is 77.8 Å². The SMILES string of the molecule is C1CCNC1.C1CCNCC1.C1CNC1. The molecule has 0 aromatic heterocycles. The Bertz CT molecular complexity index is 92.9. The molecule has 3 heteroatoms. The molecule has 0 amide bonds. The van der Waals surface area contributed by atoms with Crippen molar-refractivity contribution in [3.63, 3.8) is 0 Å². The Balaban J connectivity index is 0.000000115. The van der Waals surface area contributed by atoms with Crippen LogP contribution in [0.15, 0.2) is 0 Å². The number of hydrogen-bond donors (Lipinski definition) is 3. The smallest absolute Gasteiger partial charge is 0.00368 e. The molecule has 3 saturated heterocycles. The predicted octanol–water partition coefficient (Wildman–Crippen LogP) is 1.11. The minimum atomic E-state index is 1.25. The summed E-state index contributed by atoms with van der Waals surface area (Å²) in [6, 6.07) is 0. The van der Waals surface area contributed by atoms with Crippen molar-refractivity contribution in [1.82, 2.24) is 16.0 Å². The fourth-order valence-electron chi connectivity index (χ4n) is 1.60. The van der Waals surface area contributed by atoms with E-state index >= 15 is 0 Å². The van der Waals surface area contributed by atoms with Crippen LogP contribution in [-0.2, 0) is 0 Å². The molecule has 0 spiro atoms. The van der Waals surface area contributed by atoms with Gasteiger partial charge in [0.05, 0.1) is 0 Å². The van der Waals surface area contributed by atoms with Crippen LogP contribution in [0.4, 0.5) is 0 Å². The lowest BCUT2D eigenvalue weighted by Gasteiger charge is -2.09. The van der Waals surface area contributed by atoms with E-state index in [1.807, 2.05) is 0 Å². The summed E-state index contributed by atoms with van der Waals surface area (Å²) < 4.78 is 0. The normalized spacial score (nSPS) is 24.0. The average Bonchev–Trinajstić information content (AvgIpc) is 2.75. The molecule has 3 heterocycles. The summed E-state index contributed by atoms with van der Waals surface area (Å²) in [7, 11) is 0. The fourth-order valence-corrected chi connectivity index (χ4v) is 1.60. The van der Waals surface area contributed by atoms with Gasteiger partial charge in [0.25, 0.3) is 0 Å². The van der Waals surface area contributed by atoms with Gasteiger partial charge in [-0.1, -0.05) is 6.42 Å². The molecular formula is C12H27N3. The third-order valence-corrected chi connectivity index (χ3v) is 2.87. The van der Waals surface area contributed by atoms with Crippen molar-refractivity contribution < 1.29 is 0 Å². The Morgan fingerprint density at radius 1 is 0.333 bits per heavy atom. The number of nitrogens with one attached hydrogen (secondary N) is 3. The number of hydrogen-bond acceptors (Lipinski definition) is 3. The summed E-state index contributed by atoms with van der Waals surface area (Å²) in [6.07, 6.45) is 8.38. The van der Waals surface area contributed by atoms with Crippen molar-refractivity contribution in [1.29, 1.82) is 0 Å². The molecule has 0 aromatic rings. The monoisotopic (exact) mass is 213 g/mol. The van der Waals surface area contributed by atoms with Crippen molar-refractivity contribution >= 4 is 0 Å². The van der Waals surface area contributed by atoms with Crippen molar-refractivity contribution in [2.45, 2.75) is 38.5 Å². The molecule has 3 fully saturated rings. The fraction of sp³-hybridized carbons (Fsp3) is 1.00. The first-order valence-corrected chi connectivity index (χ1v) is 6.62. The molecule has 3 rings (SSSR count). The first kappa shape index (κ1) is 12.9. The van der Waals surface area contributed by atoms with Gasteiger partial charge in [0, 0.05) is 0 Å². The van der Waals surface area contributed by atoms with E-state index in [9.17, 15) is 0 Å². The lowest BCUT2D eigenvalue weighted by molar-refractivity contribution is 0.520. The van der Waals surface area contributed by atoms with E-state index in [0.717, 1.165) is 0 Å². The zero-order valence-electron chi connectivity index (χ0n) is 9.99. The standard InChI is InChI=1S/C5H11N.C4H9N.C3H7N/c1-2-4-6-5-3-1;1-2-4-5-3-1;1-2-4-3-1/h6H,1-5H2;5H,1-4H2;4H,1-3H2. The predicted molar refractivity (Wildman–Crippen MR) is 66.3 cm³/mol. The van der Waals surface area contributed by atoms with E-state index in [1.54, 1.807) is 0 Å². The van der Waals surface area contributed by atoms with Gasteiger partial charge in [-0.3, -0.25) is 0 Å². The second-order valence-corrected chi connectivity index (χ2v) is 4.37. The van der Waals surface area contributed by atoms with Crippen LogP contribution >= 0.6 is 0 Å². The molecule has 0 aliphatic carbocycles. The van der Waals surface area contributed by atoms with Gasteiger partial charge in [0.1, 0.15) is 0 Å². The highest BCUT2D eigenvalue weighted by Gasteiger charge is 1.94. The maximum atomic E-state index is 3.28. The van der Waals surface area contributed by atoms with E-state index in [-0.39, 0.29) is 0 Å². The van der Waals surface area contributed by atoms with Crippen LogP contribution < -0.4 is 16.0 Å². The summed E-state index contributed by atoms with van der Waals surface area (Å²) in [5, 5.41) is 9.62. The molecule has 90 valence electrons. The molecule has 3 N–H and O–H groups in total. The highest BCUT2D eigenvalue weighted by Crippen LogP contribution is 1.96. The summed E-state index contributed by atoms with van der Waals surface area (Å²) in [4.78, 5) is 0. The van der Waals surface area contributed by atoms with Gasteiger partial charge >= 0.3 is 0 Å². The van der Waals surface area contributed by atoms with Crippen LogP contribution in [0.2, 0.25) is 0 Å². The van der Waals surface area contributed by atoms with Crippen LogP contribution in [0.25, 0.3) is 0 Å². The Labute approximate surface area is 94.4 Å². The molecule has 0 atom stereocenters. The third-order valence-electron chi connectivity index (χ3n) is 2.87. The highest BCUT2D eigenvalue weighted by atomic mass is 14.9. The van der Waals surface area contributed by atoms with E-state index in [4.69, 9.17) is 0 Å². The van der Waals surface area contributed by atoms with Crippen LogP contribution in [-0.4, -0.2) is 39.3 Å². The van der Waals surface area contributed by atoms with Crippen molar-refractivity contribution in [3.8, 4) is 0 Å². The molecular weight excluding hydrogens is 186 g/mol. The highest BCUT2D eigenvalue weighted by molar-refractivity contribution is 4.57. The van der Waals surface area contributed by atoms with Crippen molar-refractivity contribution in [2.24, 2.45) is 0 Å². The molecule has 3 aliphatic heterocycles. The van der Waals surface area contributed by atoms with E-state index in [0.29, 0.717) is 0 Å². The largest absolute Gasteiger partial charge is 0.317 e. The molecule has 3 aliphatic rings. The molecule has 0 saturated carbocycles. The van der Waals surface area contributed by atoms with Crippen LogP contribution in [0.1, 0.15) is 38.5 Å². The van der Waals surface area contributed by atoms with Crippen LogP contribution in [0.3, 0.4) is 0 Å². The summed E-state index contributed by atoms with van der Waals surface area (Å²) in [6.45, 7) is 7.50. The van der Waals surface area contributed by atoms with Gasteiger partial charge in [-0.2, -0.15) is 0 Å². The molecule has 3 nitrogen and oxygen atoms in total. The van der Waals surface area contributed by atoms with Gasteiger partial charge < -0.3 is 16.0 Å². The molecule has 15 heavy (non-hydrogen) atoms. The second kappa shape index (κ2) is 10.4. The Morgan fingerprint density at radius 2 is 0.600 bits per heavy atom. The minimum absolute atomic E-state index is 1.25. The van der Waals surface area contributed by atoms with E-state index < -0.39 is 0 Å². The zero-order valence-corrected chi connectivity index (χ0v) is 9.99. The summed E-state index contributed by atoms with van der Waals surface area (Å²) in [5.41, 5.74) is 0. The molecule has 0 unspecified atom stereocenters. The second-order valence-electron chi connectivity index (χ2n) is 4.37. The Morgan fingerprint density at radius 3 is 0.733 bits per heavy atom. The topological polar surface area (TPSA) is 36.1 Å².